The highest BCUT2D eigenvalue weighted by Crippen LogP contribution is 2.25. The Labute approximate surface area is 190 Å². The van der Waals surface area contributed by atoms with Gasteiger partial charge in [0.2, 0.25) is 5.91 Å². The molecule has 1 saturated heterocycles. The number of rotatable bonds is 6. The fourth-order valence-electron chi connectivity index (χ4n) is 3.82. The maximum Gasteiger partial charge on any atom is 0.222 e. The standard InChI is InChI=1S/C24H26BrN3OS/c1-17-9-10-18(2)21(14-17)26-24-28(13-5-12-27-11-4-8-23(27)29)22(16-30-24)19-6-3-7-20(25)15-19/h3,6-7,9-10,14-16H,4-5,8,11-13H2,1-2H3. The molecule has 0 atom stereocenters. The van der Waals surface area contributed by atoms with E-state index in [1.807, 2.05) is 11.0 Å². The Kier molecular flexibility index (Phi) is 6.54. The third-order valence-corrected chi connectivity index (χ3v) is 6.84. The number of hydrogen-bond donors (Lipinski definition) is 0. The van der Waals surface area contributed by atoms with Gasteiger partial charge in [0.1, 0.15) is 0 Å². The van der Waals surface area contributed by atoms with Gasteiger partial charge in [0.05, 0.1) is 11.4 Å². The third kappa shape index (κ3) is 4.76. The van der Waals surface area contributed by atoms with Crippen molar-refractivity contribution in [1.82, 2.24) is 9.47 Å². The van der Waals surface area contributed by atoms with E-state index in [1.165, 1.54) is 16.7 Å². The molecule has 1 aromatic heterocycles. The summed E-state index contributed by atoms with van der Waals surface area (Å²) in [6, 6.07) is 14.8. The van der Waals surface area contributed by atoms with Gasteiger partial charge >= 0.3 is 0 Å². The Balaban J connectivity index is 1.69. The number of likely N-dealkylation sites (tertiary alicyclic amines) is 1. The number of aryl methyl sites for hydroxylation is 2. The molecule has 2 heterocycles. The van der Waals surface area contributed by atoms with Crippen molar-refractivity contribution in [3.63, 3.8) is 0 Å². The Hall–Kier alpha value is -2.18. The molecule has 1 aliphatic heterocycles. The van der Waals surface area contributed by atoms with Gasteiger partial charge < -0.3 is 9.47 Å². The normalized spacial score (nSPS) is 14.7. The van der Waals surface area contributed by atoms with E-state index in [1.54, 1.807) is 11.3 Å². The maximum absolute atomic E-state index is 12.0. The zero-order valence-electron chi connectivity index (χ0n) is 17.4. The number of carbonyl (C=O) groups excluding carboxylic acids is 1. The van der Waals surface area contributed by atoms with Crippen molar-refractivity contribution in [3.8, 4) is 11.3 Å². The summed E-state index contributed by atoms with van der Waals surface area (Å²) >= 11 is 5.26. The average Bonchev–Trinajstić information content (AvgIpc) is 3.31. The van der Waals surface area contributed by atoms with Gasteiger partial charge in [0.25, 0.3) is 0 Å². The molecule has 1 amide bonds. The summed E-state index contributed by atoms with van der Waals surface area (Å²) in [7, 11) is 0. The number of amides is 1. The largest absolute Gasteiger partial charge is 0.343 e. The molecule has 4 nitrogen and oxygen atoms in total. The van der Waals surface area contributed by atoms with Gasteiger partial charge in [-0.1, -0.05) is 40.2 Å². The highest BCUT2D eigenvalue weighted by molar-refractivity contribution is 9.10. The van der Waals surface area contributed by atoms with Crippen molar-refractivity contribution < 1.29 is 4.79 Å². The lowest BCUT2D eigenvalue weighted by Gasteiger charge is -2.16. The van der Waals surface area contributed by atoms with Crippen LogP contribution in [0.1, 0.15) is 30.4 Å². The second kappa shape index (κ2) is 9.31. The molecule has 0 spiro atoms. The fourth-order valence-corrected chi connectivity index (χ4v) is 5.16. The van der Waals surface area contributed by atoms with Crippen LogP contribution in [0.5, 0.6) is 0 Å². The first-order chi connectivity index (χ1) is 14.5. The van der Waals surface area contributed by atoms with Gasteiger partial charge in [-0.15, -0.1) is 11.3 Å². The SMILES string of the molecule is Cc1ccc(C)c(N=c2scc(-c3cccc(Br)c3)n2CCCN2CCCC2=O)c1. The molecule has 0 N–H and O–H groups in total. The van der Waals surface area contributed by atoms with Gasteiger partial charge in [-0.05, 0) is 56.0 Å². The summed E-state index contributed by atoms with van der Waals surface area (Å²) in [5.41, 5.74) is 5.73. The predicted molar refractivity (Wildman–Crippen MR) is 127 cm³/mol. The summed E-state index contributed by atoms with van der Waals surface area (Å²) < 4.78 is 3.36. The Morgan fingerprint density at radius 3 is 2.77 bits per heavy atom. The third-order valence-electron chi connectivity index (χ3n) is 5.48. The van der Waals surface area contributed by atoms with Crippen molar-refractivity contribution >= 4 is 38.9 Å². The van der Waals surface area contributed by atoms with Crippen molar-refractivity contribution in [2.75, 3.05) is 13.1 Å². The smallest absolute Gasteiger partial charge is 0.222 e. The minimum absolute atomic E-state index is 0.290. The monoisotopic (exact) mass is 483 g/mol. The first-order valence-electron chi connectivity index (χ1n) is 10.4. The molecule has 1 fully saturated rings. The molecule has 0 aliphatic carbocycles. The van der Waals surface area contributed by atoms with Gasteiger partial charge in [-0.2, -0.15) is 0 Å². The van der Waals surface area contributed by atoms with Crippen LogP contribution in [0.15, 0.2) is 57.3 Å². The number of carbonyl (C=O) groups is 1. The number of hydrogen-bond acceptors (Lipinski definition) is 3. The summed E-state index contributed by atoms with van der Waals surface area (Å²) in [4.78, 5) is 20.0. The zero-order valence-corrected chi connectivity index (χ0v) is 19.8. The lowest BCUT2D eigenvalue weighted by Crippen LogP contribution is -2.27. The van der Waals surface area contributed by atoms with Gasteiger partial charge in [-0.25, -0.2) is 4.99 Å². The molecular formula is C24H26BrN3OS. The van der Waals surface area contributed by atoms with E-state index in [0.717, 1.165) is 53.1 Å². The van der Waals surface area contributed by atoms with Gasteiger partial charge in [0, 0.05) is 41.5 Å². The van der Waals surface area contributed by atoms with Crippen LogP contribution >= 0.6 is 27.3 Å². The number of nitrogens with zero attached hydrogens (tertiary/aromatic N) is 3. The highest BCUT2D eigenvalue weighted by Gasteiger charge is 2.19. The Bertz CT molecular complexity index is 1130. The lowest BCUT2D eigenvalue weighted by atomic mass is 10.1. The molecule has 3 aromatic rings. The second-order valence-corrected chi connectivity index (χ2v) is 9.56. The molecule has 6 heteroatoms. The van der Waals surface area contributed by atoms with E-state index in [2.05, 4.69) is 76.1 Å². The molecule has 30 heavy (non-hydrogen) atoms. The number of halogens is 1. The Morgan fingerprint density at radius 1 is 1.13 bits per heavy atom. The molecule has 0 radical (unpaired) electrons. The van der Waals surface area contributed by atoms with Crippen molar-refractivity contribution in [2.45, 2.75) is 39.7 Å². The second-order valence-electron chi connectivity index (χ2n) is 7.81. The summed E-state index contributed by atoms with van der Waals surface area (Å²) in [6.07, 6.45) is 2.60. The number of benzene rings is 2. The van der Waals surface area contributed by atoms with E-state index in [9.17, 15) is 4.79 Å². The molecule has 2 aromatic carbocycles. The van der Waals surface area contributed by atoms with Crippen LogP contribution in [0.4, 0.5) is 5.69 Å². The Morgan fingerprint density at radius 2 is 2.00 bits per heavy atom. The zero-order chi connectivity index (χ0) is 21.1. The molecule has 156 valence electrons. The minimum Gasteiger partial charge on any atom is -0.343 e. The van der Waals surface area contributed by atoms with E-state index in [0.29, 0.717) is 6.42 Å². The maximum atomic E-state index is 12.0. The van der Waals surface area contributed by atoms with Crippen LogP contribution in [0.25, 0.3) is 11.3 Å². The van der Waals surface area contributed by atoms with Gasteiger partial charge in [0.15, 0.2) is 4.80 Å². The predicted octanol–water partition coefficient (Wildman–Crippen LogP) is 5.84. The topological polar surface area (TPSA) is 37.6 Å². The minimum atomic E-state index is 0.290. The molecule has 0 bridgehead atoms. The van der Waals surface area contributed by atoms with Crippen LogP contribution < -0.4 is 4.80 Å². The molecule has 1 aliphatic rings. The van der Waals surface area contributed by atoms with Crippen molar-refractivity contribution in [2.24, 2.45) is 4.99 Å². The lowest BCUT2D eigenvalue weighted by molar-refractivity contribution is -0.127. The van der Waals surface area contributed by atoms with E-state index in [4.69, 9.17) is 4.99 Å². The van der Waals surface area contributed by atoms with E-state index in [-0.39, 0.29) is 5.91 Å². The quantitative estimate of drug-likeness (QED) is 0.433. The van der Waals surface area contributed by atoms with Crippen LogP contribution in [-0.4, -0.2) is 28.5 Å². The highest BCUT2D eigenvalue weighted by atomic mass is 79.9. The first kappa shape index (κ1) is 21.1. The van der Waals surface area contributed by atoms with Crippen molar-refractivity contribution in [1.29, 1.82) is 0 Å². The van der Waals surface area contributed by atoms with E-state index >= 15 is 0 Å². The van der Waals surface area contributed by atoms with E-state index < -0.39 is 0 Å². The average molecular weight is 484 g/mol. The number of aromatic nitrogens is 1. The first-order valence-corrected chi connectivity index (χ1v) is 12.0. The number of thiazole rings is 1. The molecular weight excluding hydrogens is 458 g/mol. The van der Waals surface area contributed by atoms with Crippen molar-refractivity contribution in [3.05, 3.63) is 68.2 Å². The molecule has 0 unspecified atom stereocenters. The summed E-state index contributed by atoms with van der Waals surface area (Å²) in [6.45, 7) is 6.73. The fraction of sp³-hybridized carbons (Fsp3) is 0.333. The van der Waals surface area contributed by atoms with Crippen LogP contribution in [0.3, 0.4) is 0 Å². The summed E-state index contributed by atoms with van der Waals surface area (Å²) in [5, 5.41) is 2.19. The van der Waals surface area contributed by atoms with Crippen LogP contribution in [0.2, 0.25) is 0 Å². The molecule has 0 saturated carbocycles. The molecule has 4 rings (SSSR count). The van der Waals surface area contributed by atoms with Crippen LogP contribution in [-0.2, 0) is 11.3 Å². The summed E-state index contributed by atoms with van der Waals surface area (Å²) in [5.74, 6) is 0.290. The van der Waals surface area contributed by atoms with Crippen LogP contribution in [0, 0.1) is 13.8 Å². The van der Waals surface area contributed by atoms with Gasteiger partial charge in [-0.3, -0.25) is 4.79 Å².